The first-order valence-electron chi connectivity index (χ1n) is 9.14. The summed E-state index contributed by atoms with van der Waals surface area (Å²) in [5, 5.41) is 4.27. The number of hydrogen-bond donors (Lipinski definition) is 1. The molecule has 0 radical (unpaired) electrons. The van der Waals surface area contributed by atoms with E-state index < -0.39 is 0 Å². The molecule has 0 aliphatic rings. The second-order valence-corrected chi connectivity index (χ2v) is 7.58. The van der Waals surface area contributed by atoms with Gasteiger partial charge < -0.3 is 27.0 Å². The Bertz CT molecular complexity index is 1050. The first kappa shape index (κ1) is 21.0. The van der Waals surface area contributed by atoms with Gasteiger partial charge in [-0.05, 0) is 53.9 Å². The smallest absolute Gasteiger partial charge is 0.345 e. The lowest BCUT2D eigenvalue weighted by Gasteiger charge is -2.01. The summed E-state index contributed by atoms with van der Waals surface area (Å²) in [4.78, 5) is 4.88. The van der Waals surface area contributed by atoms with Gasteiger partial charge in [0, 0.05) is 5.69 Å². The van der Waals surface area contributed by atoms with Crippen LogP contribution in [0.5, 0.6) is 5.75 Å². The molecule has 0 atom stereocenters. The third kappa shape index (κ3) is 5.22. The molecule has 4 rings (SSSR count). The highest BCUT2D eigenvalue weighted by molar-refractivity contribution is 7.06. The van der Waals surface area contributed by atoms with E-state index in [2.05, 4.69) is 64.7 Å². The highest BCUT2D eigenvalue weighted by Crippen LogP contribution is 2.24. The van der Waals surface area contributed by atoms with Crippen molar-refractivity contribution in [3.05, 3.63) is 90.0 Å². The molecule has 0 bridgehead atoms. The van der Waals surface area contributed by atoms with Gasteiger partial charge in [-0.3, -0.25) is 0 Å². The van der Waals surface area contributed by atoms with Crippen LogP contribution >= 0.6 is 11.5 Å². The van der Waals surface area contributed by atoms with Crippen molar-refractivity contribution in [2.75, 3.05) is 12.4 Å². The van der Waals surface area contributed by atoms with Crippen LogP contribution in [-0.2, 0) is 6.54 Å². The third-order valence-corrected chi connectivity index (χ3v) is 5.35. The number of methoxy groups -OCH3 is 1. The van der Waals surface area contributed by atoms with E-state index in [1.807, 2.05) is 30.3 Å². The number of ether oxygens (including phenoxy) is 1. The van der Waals surface area contributed by atoms with Crippen molar-refractivity contribution in [3.8, 4) is 17.1 Å². The highest BCUT2D eigenvalue weighted by Gasteiger charge is 2.23. The van der Waals surface area contributed by atoms with Crippen molar-refractivity contribution in [2.24, 2.45) is 0 Å². The summed E-state index contributed by atoms with van der Waals surface area (Å²) in [6.07, 6.45) is 0. The summed E-state index contributed by atoms with van der Waals surface area (Å²) in [7, 11) is 1.67. The molecular weight excluding hydrogens is 446 g/mol. The molecule has 1 N–H and O–H groups in total. The number of benzene rings is 3. The number of aromatic nitrogens is 2. The lowest BCUT2D eigenvalue weighted by atomic mass is 10.1. The van der Waals surface area contributed by atoms with Crippen molar-refractivity contribution in [1.82, 2.24) is 4.98 Å². The van der Waals surface area contributed by atoms with E-state index in [0.717, 1.165) is 34.5 Å². The van der Waals surface area contributed by atoms with Crippen LogP contribution in [0.4, 0.5) is 10.8 Å². The van der Waals surface area contributed by atoms with Gasteiger partial charge in [-0.2, -0.15) is 3.96 Å². The molecule has 3 aromatic carbocycles. The predicted molar refractivity (Wildman–Crippen MR) is 114 cm³/mol. The van der Waals surface area contributed by atoms with E-state index >= 15 is 0 Å². The molecule has 0 spiro atoms. The third-order valence-electron chi connectivity index (χ3n) is 4.46. The largest absolute Gasteiger partial charge is 1.00 e. The summed E-state index contributed by atoms with van der Waals surface area (Å²) in [6.45, 7) is 2.88. The summed E-state index contributed by atoms with van der Waals surface area (Å²) in [6, 6.07) is 26.8. The van der Waals surface area contributed by atoms with Gasteiger partial charge in [-0.1, -0.05) is 48.0 Å². The average Bonchev–Trinajstić information content (AvgIpc) is 3.12. The molecule has 6 heteroatoms. The topological polar surface area (TPSA) is 38.0 Å². The molecule has 148 valence electrons. The number of anilines is 2. The minimum Gasteiger partial charge on any atom is -1.00 e. The van der Waals surface area contributed by atoms with Gasteiger partial charge in [0.15, 0.2) is 0 Å². The van der Waals surface area contributed by atoms with Gasteiger partial charge in [0.05, 0.1) is 12.7 Å². The summed E-state index contributed by atoms with van der Waals surface area (Å²) in [5.74, 6) is 1.80. The van der Waals surface area contributed by atoms with Crippen LogP contribution in [-0.4, -0.2) is 12.1 Å². The normalized spacial score (nSPS) is 10.3. The van der Waals surface area contributed by atoms with E-state index in [1.165, 1.54) is 11.1 Å². The lowest BCUT2D eigenvalue weighted by Crippen LogP contribution is -3.00. The summed E-state index contributed by atoms with van der Waals surface area (Å²) >= 11 is 1.62. The number of aryl methyl sites for hydroxylation is 1. The molecule has 4 nitrogen and oxygen atoms in total. The van der Waals surface area contributed by atoms with E-state index in [9.17, 15) is 0 Å². The summed E-state index contributed by atoms with van der Waals surface area (Å²) in [5.41, 5.74) is 4.59. The van der Waals surface area contributed by atoms with Crippen LogP contribution in [0.3, 0.4) is 0 Å². The Labute approximate surface area is 185 Å². The maximum absolute atomic E-state index is 5.23. The molecule has 1 heterocycles. The standard InChI is InChI=1S/C23H21N3OS.BrH/c1-17-8-10-19(11-9-17)22-25-23(24-20-12-14-21(27-2)15-13-20)28-26(22)16-18-6-4-3-5-7-18;/h3-15H,16H2,1-2H3;1H. The molecule has 0 unspecified atom stereocenters. The fourth-order valence-electron chi connectivity index (χ4n) is 2.94. The zero-order chi connectivity index (χ0) is 19.3. The van der Waals surface area contributed by atoms with Crippen LogP contribution in [0, 0.1) is 6.92 Å². The number of nitrogens with one attached hydrogen (secondary N) is 1. The van der Waals surface area contributed by atoms with Crippen molar-refractivity contribution in [1.29, 1.82) is 0 Å². The van der Waals surface area contributed by atoms with Crippen molar-refractivity contribution < 1.29 is 25.7 Å². The van der Waals surface area contributed by atoms with Gasteiger partial charge in [-0.25, -0.2) is 0 Å². The van der Waals surface area contributed by atoms with E-state index in [0.29, 0.717) is 0 Å². The Morgan fingerprint density at radius 2 is 1.62 bits per heavy atom. The highest BCUT2D eigenvalue weighted by atomic mass is 79.9. The maximum atomic E-state index is 5.23. The zero-order valence-corrected chi connectivity index (χ0v) is 18.7. The number of halogens is 1. The molecule has 0 saturated heterocycles. The molecule has 0 fully saturated rings. The zero-order valence-electron chi connectivity index (χ0n) is 16.3. The SMILES string of the molecule is COc1ccc(Nc2nc(-c3ccc(C)cc3)[n+](Cc3ccccc3)s2)cc1.[Br-]. The van der Waals surface area contributed by atoms with Crippen LogP contribution in [0.2, 0.25) is 0 Å². The Morgan fingerprint density at radius 1 is 0.931 bits per heavy atom. The number of hydrogen-bond acceptors (Lipinski definition) is 4. The first-order valence-corrected chi connectivity index (χ1v) is 9.92. The quantitative estimate of drug-likeness (QED) is 0.441. The maximum Gasteiger partial charge on any atom is 0.345 e. The van der Waals surface area contributed by atoms with Crippen LogP contribution in [0.25, 0.3) is 11.4 Å². The fourth-order valence-corrected chi connectivity index (χ4v) is 3.88. The van der Waals surface area contributed by atoms with Crippen LogP contribution < -0.4 is 31.0 Å². The van der Waals surface area contributed by atoms with Gasteiger partial charge in [0.2, 0.25) is 0 Å². The molecule has 0 saturated carbocycles. The Hall–Kier alpha value is -2.70. The average molecular weight is 468 g/mol. The first-order chi connectivity index (χ1) is 13.7. The lowest BCUT2D eigenvalue weighted by molar-refractivity contribution is -0.610. The number of nitrogens with zero attached hydrogens (tertiary/aromatic N) is 2. The predicted octanol–water partition coefficient (Wildman–Crippen LogP) is 2.21. The molecule has 0 aliphatic carbocycles. The van der Waals surface area contributed by atoms with E-state index in [4.69, 9.17) is 9.72 Å². The van der Waals surface area contributed by atoms with Gasteiger partial charge in [0.1, 0.15) is 23.8 Å². The Morgan fingerprint density at radius 3 is 2.28 bits per heavy atom. The molecule has 0 amide bonds. The molecular formula is C23H22BrN3OS. The van der Waals surface area contributed by atoms with Gasteiger partial charge in [0.25, 0.3) is 0 Å². The molecule has 29 heavy (non-hydrogen) atoms. The monoisotopic (exact) mass is 467 g/mol. The van der Waals surface area contributed by atoms with E-state index in [-0.39, 0.29) is 17.0 Å². The van der Waals surface area contributed by atoms with Crippen molar-refractivity contribution >= 4 is 22.4 Å². The van der Waals surface area contributed by atoms with Crippen LogP contribution in [0.15, 0.2) is 78.9 Å². The summed E-state index contributed by atoms with van der Waals surface area (Å²) < 4.78 is 7.46. The number of rotatable bonds is 6. The van der Waals surface area contributed by atoms with Crippen molar-refractivity contribution in [3.63, 3.8) is 0 Å². The van der Waals surface area contributed by atoms with Crippen LogP contribution in [0.1, 0.15) is 11.1 Å². The Balaban J connectivity index is 0.00000240. The van der Waals surface area contributed by atoms with Gasteiger partial charge >= 0.3 is 11.0 Å². The second kappa shape index (κ2) is 9.67. The van der Waals surface area contributed by atoms with E-state index in [1.54, 1.807) is 18.6 Å². The molecule has 0 aliphatic heterocycles. The molecule has 4 aromatic rings. The fraction of sp³-hybridized carbons (Fsp3) is 0.130. The van der Waals surface area contributed by atoms with Gasteiger partial charge in [-0.15, -0.1) is 0 Å². The molecule has 1 aromatic heterocycles. The Kier molecular flexibility index (Phi) is 7.01. The minimum atomic E-state index is 0. The minimum absolute atomic E-state index is 0. The van der Waals surface area contributed by atoms with Crippen molar-refractivity contribution in [2.45, 2.75) is 13.5 Å². The second-order valence-electron chi connectivity index (χ2n) is 6.57.